The molecule has 0 aliphatic carbocycles. The Kier molecular flexibility index (Phi) is 4.69. The zero-order valence-corrected chi connectivity index (χ0v) is 13.2. The van der Waals surface area contributed by atoms with Crippen LogP contribution in [0.3, 0.4) is 0 Å². The van der Waals surface area contributed by atoms with Crippen molar-refractivity contribution in [2.24, 2.45) is 11.1 Å². The van der Waals surface area contributed by atoms with E-state index in [1.165, 1.54) is 0 Å². The van der Waals surface area contributed by atoms with Gasteiger partial charge in [0, 0.05) is 18.7 Å². The molecule has 3 heteroatoms. The quantitative estimate of drug-likeness (QED) is 0.806. The second-order valence-electron chi connectivity index (χ2n) is 6.51. The SMILES string of the molecule is Cc1ccc(C(=O)N2CCC(C)(C)CC2)c(C#CCN)c1. The molecule has 112 valence electrons. The van der Waals surface area contributed by atoms with Crippen LogP contribution in [-0.2, 0) is 0 Å². The third kappa shape index (κ3) is 3.86. The molecule has 1 aliphatic rings. The van der Waals surface area contributed by atoms with Gasteiger partial charge < -0.3 is 10.6 Å². The van der Waals surface area contributed by atoms with Crippen molar-refractivity contribution in [3.05, 3.63) is 34.9 Å². The van der Waals surface area contributed by atoms with Crippen LogP contribution < -0.4 is 5.73 Å². The maximum atomic E-state index is 12.7. The highest BCUT2D eigenvalue weighted by Gasteiger charge is 2.28. The third-order valence-electron chi connectivity index (χ3n) is 4.13. The fourth-order valence-corrected chi connectivity index (χ4v) is 2.58. The summed E-state index contributed by atoms with van der Waals surface area (Å²) in [6, 6.07) is 5.82. The lowest BCUT2D eigenvalue weighted by Gasteiger charge is -2.37. The van der Waals surface area contributed by atoms with Crippen molar-refractivity contribution >= 4 is 5.91 Å². The summed E-state index contributed by atoms with van der Waals surface area (Å²) in [6.45, 7) is 8.48. The van der Waals surface area contributed by atoms with Crippen molar-refractivity contribution in [2.75, 3.05) is 19.6 Å². The number of carbonyl (C=O) groups excluding carboxylic acids is 1. The van der Waals surface area contributed by atoms with Crippen LogP contribution in [0.15, 0.2) is 18.2 Å². The van der Waals surface area contributed by atoms with Crippen LogP contribution in [-0.4, -0.2) is 30.4 Å². The molecular formula is C18H24N2O. The molecule has 0 spiro atoms. The molecule has 1 heterocycles. The molecule has 3 nitrogen and oxygen atoms in total. The Labute approximate surface area is 127 Å². The number of hydrogen-bond donors (Lipinski definition) is 1. The number of rotatable bonds is 1. The third-order valence-corrected chi connectivity index (χ3v) is 4.13. The summed E-state index contributed by atoms with van der Waals surface area (Å²) < 4.78 is 0. The first kappa shape index (κ1) is 15.6. The number of amides is 1. The summed E-state index contributed by atoms with van der Waals surface area (Å²) in [5, 5.41) is 0. The van der Waals surface area contributed by atoms with E-state index in [0.29, 0.717) is 17.5 Å². The van der Waals surface area contributed by atoms with Crippen LogP contribution in [0.1, 0.15) is 48.2 Å². The van der Waals surface area contributed by atoms with E-state index in [0.717, 1.165) is 37.1 Å². The van der Waals surface area contributed by atoms with Crippen LogP contribution in [0.5, 0.6) is 0 Å². The Bertz CT molecular complexity index is 583. The fraction of sp³-hybridized carbons (Fsp3) is 0.500. The van der Waals surface area contributed by atoms with E-state index in [4.69, 9.17) is 5.73 Å². The van der Waals surface area contributed by atoms with Crippen LogP contribution in [0.4, 0.5) is 0 Å². The molecule has 1 aliphatic heterocycles. The second-order valence-corrected chi connectivity index (χ2v) is 6.51. The Balaban J connectivity index is 2.23. The maximum absolute atomic E-state index is 12.7. The van der Waals surface area contributed by atoms with Crippen molar-refractivity contribution in [1.29, 1.82) is 0 Å². The highest BCUT2D eigenvalue weighted by atomic mass is 16.2. The largest absolute Gasteiger partial charge is 0.339 e. The number of piperidine rings is 1. The van der Waals surface area contributed by atoms with Gasteiger partial charge in [0.2, 0.25) is 0 Å². The minimum Gasteiger partial charge on any atom is -0.339 e. The molecule has 1 fully saturated rings. The van der Waals surface area contributed by atoms with Gasteiger partial charge in [0.05, 0.1) is 12.1 Å². The van der Waals surface area contributed by atoms with Gasteiger partial charge in [-0.15, -0.1) is 0 Å². The topological polar surface area (TPSA) is 46.3 Å². The lowest BCUT2D eigenvalue weighted by Crippen LogP contribution is -2.41. The Hall–Kier alpha value is -1.79. The van der Waals surface area contributed by atoms with Gasteiger partial charge in [-0.3, -0.25) is 4.79 Å². The number of nitrogens with two attached hydrogens (primary N) is 1. The van der Waals surface area contributed by atoms with E-state index in [2.05, 4.69) is 25.7 Å². The Morgan fingerprint density at radius 1 is 1.33 bits per heavy atom. The van der Waals surface area contributed by atoms with Crippen molar-refractivity contribution in [3.63, 3.8) is 0 Å². The van der Waals surface area contributed by atoms with E-state index < -0.39 is 0 Å². The summed E-state index contributed by atoms with van der Waals surface area (Å²) in [5.74, 6) is 5.97. The fourth-order valence-electron chi connectivity index (χ4n) is 2.58. The molecule has 0 aromatic heterocycles. The van der Waals surface area contributed by atoms with E-state index in [1.807, 2.05) is 30.0 Å². The molecule has 1 aromatic rings. The van der Waals surface area contributed by atoms with Gasteiger partial charge in [0.1, 0.15) is 0 Å². The van der Waals surface area contributed by atoms with Gasteiger partial charge in [-0.05, 0) is 42.9 Å². The molecule has 21 heavy (non-hydrogen) atoms. The number of aryl methyl sites for hydroxylation is 1. The molecule has 0 radical (unpaired) electrons. The lowest BCUT2D eigenvalue weighted by molar-refractivity contribution is 0.0630. The maximum Gasteiger partial charge on any atom is 0.255 e. The highest BCUT2D eigenvalue weighted by Crippen LogP contribution is 2.30. The molecule has 0 unspecified atom stereocenters. The number of benzene rings is 1. The van der Waals surface area contributed by atoms with E-state index >= 15 is 0 Å². The molecule has 1 aromatic carbocycles. The number of nitrogens with zero attached hydrogens (tertiary/aromatic N) is 1. The number of likely N-dealkylation sites (tertiary alicyclic amines) is 1. The molecule has 1 saturated heterocycles. The molecule has 0 bridgehead atoms. The molecule has 2 N–H and O–H groups in total. The molecule has 0 saturated carbocycles. The molecule has 1 amide bonds. The molecule has 0 atom stereocenters. The van der Waals surface area contributed by atoms with Crippen LogP contribution >= 0.6 is 0 Å². The monoisotopic (exact) mass is 284 g/mol. The predicted octanol–water partition coefficient (Wildman–Crippen LogP) is 2.57. The van der Waals surface area contributed by atoms with E-state index in [1.54, 1.807) is 0 Å². The van der Waals surface area contributed by atoms with Crippen LogP contribution in [0.25, 0.3) is 0 Å². The van der Waals surface area contributed by atoms with Gasteiger partial charge in [-0.1, -0.05) is 31.8 Å². The first-order chi connectivity index (χ1) is 9.93. The first-order valence-electron chi connectivity index (χ1n) is 7.52. The smallest absolute Gasteiger partial charge is 0.255 e. The summed E-state index contributed by atoms with van der Waals surface area (Å²) >= 11 is 0. The normalized spacial score (nSPS) is 17.0. The predicted molar refractivity (Wildman–Crippen MR) is 86.0 cm³/mol. The molecule has 2 rings (SSSR count). The van der Waals surface area contributed by atoms with Crippen molar-refractivity contribution < 1.29 is 4.79 Å². The first-order valence-corrected chi connectivity index (χ1v) is 7.52. The van der Waals surface area contributed by atoms with Gasteiger partial charge in [0.15, 0.2) is 0 Å². The van der Waals surface area contributed by atoms with Gasteiger partial charge in [-0.25, -0.2) is 0 Å². The van der Waals surface area contributed by atoms with Crippen LogP contribution in [0.2, 0.25) is 0 Å². The lowest BCUT2D eigenvalue weighted by atomic mass is 9.82. The minimum absolute atomic E-state index is 0.0896. The summed E-state index contributed by atoms with van der Waals surface area (Å²) in [5.41, 5.74) is 8.37. The van der Waals surface area contributed by atoms with Crippen molar-refractivity contribution in [2.45, 2.75) is 33.6 Å². The van der Waals surface area contributed by atoms with Crippen molar-refractivity contribution in [1.82, 2.24) is 4.90 Å². The average molecular weight is 284 g/mol. The number of carbonyl (C=O) groups is 1. The Morgan fingerprint density at radius 3 is 2.62 bits per heavy atom. The summed E-state index contributed by atoms with van der Waals surface area (Å²) in [7, 11) is 0. The minimum atomic E-state index is 0.0896. The van der Waals surface area contributed by atoms with E-state index in [9.17, 15) is 4.79 Å². The standard InChI is InChI=1S/C18H24N2O/c1-14-6-7-16(15(13-14)5-4-10-19)17(21)20-11-8-18(2,3)9-12-20/h6-7,13H,8-12,19H2,1-3H3. The average Bonchev–Trinajstić information content (AvgIpc) is 2.44. The van der Waals surface area contributed by atoms with Gasteiger partial charge >= 0.3 is 0 Å². The number of hydrogen-bond acceptors (Lipinski definition) is 2. The zero-order chi connectivity index (χ0) is 15.5. The highest BCUT2D eigenvalue weighted by molar-refractivity contribution is 5.97. The van der Waals surface area contributed by atoms with E-state index in [-0.39, 0.29) is 5.91 Å². The second kappa shape index (κ2) is 6.32. The summed E-state index contributed by atoms with van der Waals surface area (Å²) in [4.78, 5) is 14.7. The Morgan fingerprint density at radius 2 is 2.00 bits per heavy atom. The molecular weight excluding hydrogens is 260 g/mol. The van der Waals surface area contributed by atoms with Crippen LogP contribution in [0, 0.1) is 24.2 Å². The van der Waals surface area contributed by atoms with Crippen molar-refractivity contribution in [3.8, 4) is 11.8 Å². The van der Waals surface area contributed by atoms with Gasteiger partial charge in [-0.2, -0.15) is 0 Å². The zero-order valence-electron chi connectivity index (χ0n) is 13.2. The summed E-state index contributed by atoms with van der Waals surface area (Å²) in [6.07, 6.45) is 2.10. The van der Waals surface area contributed by atoms with Gasteiger partial charge in [0.25, 0.3) is 5.91 Å².